The van der Waals surface area contributed by atoms with Gasteiger partial charge in [0.15, 0.2) is 5.78 Å². The van der Waals surface area contributed by atoms with E-state index in [4.69, 9.17) is 11.6 Å². The molecule has 3 rings (SSSR count). The first-order chi connectivity index (χ1) is 10.1. The highest BCUT2D eigenvalue weighted by Crippen LogP contribution is 2.26. The van der Waals surface area contributed by atoms with Crippen LogP contribution in [0.2, 0.25) is 5.02 Å². The van der Waals surface area contributed by atoms with Crippen LogP contribution in [0, 0.1) is 6.92 Å². The number of benzene rings is 2. The first kappa shape index (κ1) is 13.9. The Morgan fingerprint density at radius 3 is 2.67 bits per heavy atom. The summed E-state index contributed by atoms with van der Waals surface area (Å²) in [5.41, 5.74) is 4.26. The van der Waals surface area contributed by atoms with E-state index in [9.17, 15) is 4.79 Å². The fourth-order valence-corrected chi connectivity index (χ4v) is 2.82. The Balaban J connectivity index is 2.15. The first-order valence-electron chi connectivity index (χ1n) is 6.90. The summed E-state index contributed by atoms with van der Waals surface area (Å²) in [5.74, 6) is 0.0609. The monoisotopic (exact) mass is 297 g/mol. The van der Waals surface area contributed by atoms with Crippen molar-refractivity contribution in [3.63, 3.8) is 0 Å². The van der Waals surface area contributed by atoms with Gasteiger partial charge in [-0.3, -0.25) is 4.79 Å². The van der Waals surface area contributed by atoms with E-state index in [1.54, 1.807) is 6.92 Å². The Labute approximate surface area is 129 Å². The number of nitrogens with zero attached hydrogens (tertiary/aromatic N) is 1. The normalized spacial score (nSPS) is 11.0. The van der Waals surface area contributed by atoms with E-state index < -0.39 is 0 Å². The molecule has 1 aromatic heterocycles. The Hall–Kier alpha value is -2.06. The van der Waals surface area contributed by atoms with Gasteiger partial charge in [0.2, 0.25) is 0 Å². The van der Waals surface area contributed by atoms with Crippen LogP contribution in [0.4, 0.5) is 0 Å². The summed E-state index contributed by atoms with van der Waals surface area (Å²) in [6.07, 6.45) is 1.93. The molecular formula is C18H16ClNO. The SMILES string of the molecule is CC(=O)c1cn(Cc2ccccc2C)c2ccc(Cl)cc12. The molecule has 0 saturated carbocycles. The van der Waals surface area contributed by atoms with Crippen LogP contribution < -0.4 is 0 Å². The highest BCUT2D eigenvalue weighted by Gasteiger charge is 2.13. The molecule has 3 aromatic rings. The molecular weight excluding hydrogens is 282 g/mol. The molecule has 3 heteroatoms. The van der Waals surface area contributed by atoms with Crippen LogP contribution in [0.15, 0.2) is 48.7 Å². The minimum Gasteiger partial charge on any atom is -0.342 e. The number of halogens is 1. The van der Waals surface area contributed by atoms with Gasteiger partial charge in [0.1, 0.15) is 0 Å². The molecule has 1 heterocycles. The van der Waals surface area contributed by atoms with Gasteiger partial charge in [0.25, 0.3) is 0 Å². The van der Waals surface area contributed by atoms with Crippen LogP contribution in [0.1, 0.15) is 28.4 Å². The lowest BCUT2D eigenvalue weighted by molar-refractivity contribution is 0.101. The third kappa shape index (κ3) is 2.59. The summed E-state index contributed by atoms with van der Waals surface area (Å²) in [6, 6.07) is 14.0. The quantitative estimate of drug-likeness (QED) is 0.633. The maximum atomic E-state index is 11.8. The lowest BCUT2D eigenvalue weighted by atomic mass is 10.1. The van der Waals surface area contributed by atoms with Gasteiger partial charge in [-0.05, 0) is 43.2 Å². The van der Waals surface area contributed by atoms with E-state index in [0.29, 0.717) is 5.02 Å². The number of carbonyl (C=O) groups is 1. The number of rotatable bonds is 3. The summed E-state index contributed by atoms with van der Waals surface area (Å²) in [5, 5.41) is 1.57. The lowest BCUT2D eigenvalue weighted by Crippen LogP contribution is -2.00. The van der Waals surface area contributed by atoms with Crippen molar-refractivity contribution in [3.05, 3.63) is 70.4 Å². The summed E-state index contributed by atoms with van der Waals surface area (Å²) in [4.78, 5) is 11.8. The van der Waals surface area contributed by atoms with Crippen molar-refractivity contribution < 1.29 is 4.79 Å². The topological polar surface area (TPSA) is 22.0 Å². The Morgan fingerprint density at radius 2 is 1.95 bits per heavy atom. The highest BCUT2D eigenvalue weighted by molar-refractivity contribution is 6.31. The summed E-state index contributed by atoms with van der Waals surface area (Å²) < 4.78 is 2.12. The minimum absolute atomic E-state index is 0.0609. The molecule has 0 amide bonds. The Bertz CT molecular complexity index is 832. The number of fused-ring (bicyclic) bond motifs is 1. The van der Waals surface area contributed by atoms with Crippen LogP contribution in [0.3, 0.4) is 0 Å². The standard InChI is InChI=1S/C18H16ClNO/c1-12-5-3-4-6-14(12)10-20-11-17(13(2)21)16-9-15(19)7-8-18(16)20/h3-9,11H,10H2,1-2H3. The average molecular weight is 298 g/mol. The van der Waals surface area contributed by atoms with Crippen molar-refractivity contribution >= 4 is 28.3 Å². The van der Waals surface area contributed by atoms with Gasteiger partial charge in [0, 0.05) is 34.2 Å². The van der Waals surface area contributed by atoms with Gasteiger partial charge in [-0.2, -0.15) is 0 Å². The van der Waals surface area contributed by atoms with Crippen molar-refractivity contribution in [2.24, 2.45) is 0 Å². The van der Waals surface area contributed by atoms with Gasteiger partial charge in [-0.1, -0.05) is 35.9 Å². The van der Waals surface area contributed by atoms with E-state index in [1.165, 1.54) is 11.1 Å². The fraction of sp³-hybridized carbons (Fsp3) is 0.167. The molecule has 0 spiro atoms. The number of hydrogen-bond acceptors (Lipinski definition) is 1. The molecule has 0 atom stereocenters. The molecule has 2 aromatic carbocycles. The average Bonchev–Trinajstić information content (AvgIpc) is 2.79. The number of ketones is 1. The number of aryl methyl sites for hydroxylation is 1. The van der Waals surface area contributed by atoms with Crippen LogP contribution in [-0.2, 0) is 6.54 Å². The van der Waals surface area contributed by atoms with Crippen molar-refractivity contribution in [3.8, 4) is 0 Å². The second-order valence-corrected chi connectivity index (χ2v) is 5.75. The molecule has 0 N–H and O–H groups in total. The number of Topliss-reactive ketones (excluding diaryl/α,β-unsaturated/α-hetero) is 1. The summed E-state index contributed by atoms with van der Waals surface area (Å²) >= 11 is 6.07. The van der Waals surface area contributed by atoms with Gasteiger partial charge in [0.05, 0.1) is 0 Å². The van der Waals surface area contributed by atoms with Gasteiger partial charge in [-0.25, -0.2) is 0 Å². The molecule has 21 heavy (non-hydrogen) atoms. The molecule has 0 aliphatic rings. The molecule has 0 radical (unpaired) electrons. The summed E-state index contributed by atoms with van der Waals surface area (Å²) in [7, 11) is 0. The van der Waals surface area contributed by atoms with E-state index in [-0.39, 0.29) is 5.78 Å². The third-order valence-corrected chi connectivity index (χ3v) is 4.06. The predicted octanol–water partition coefficient (Wildman–Crippen LogP) is 4.85. The van der Waals surface area contributed by atoms with Crippen molar-refractivity contribution in [1.82, 2.24) is 4.57 Å². The zero-order valence-electron chi connectivity index (χ0n) is 12.1. The smallest absolute Gasteiger partial charge is 0.161 e. The second kappa shape index (κ2) is 5.38. The van der Waals surface area contributed by atoms with Gasteiger partial charge >= 0.3 is 0 Å². The maximum Gasteiger partial charge on any atom is 0.161 e. The number of aromatic nitrogens is 1. The Kier molecular flexibility index (Phi) is 3.56. The molecule has 0 saturated heterocycles. The molecule has 0 aliphatic carbocycles. The van der Waals surface area contributed by atoms with Gasteiger partial charge < -0.3 is 4.57 Å². The zero-order chi connectivity index (χ0) is 15.0. The highest BCUT2D eigenvalue weighted by atomic mass is 35.5. The van der Waals surface area contributed by atoms with E-state index in [0.717, 1.165) is 23.0 Å². The lowest BCUT2D eigenvalue weighted by Gasteiger charge is -2.08. The number of carbonyl (C=O) groups excluding carboxylic acids is 1. The first-order valence-corrected chi connectivity index (χ1v) is 7.28. The van der Waals surface area contributed by atoms with Crippen molar-refractivity contribution in [2.75, 3.05) is 0 Å². The maximum absolute atomic E-state index is 11.8. The van der Waals surface area contributed by atoms with E-state index in [1.807, 2.05) is 36.5 Å². The summed E-state index contributed by atoms with van der Waals surface area (Å²) in [6.45, 7) is 4.44. The minimum atomic E-state index is 0.0609. The molecule has 2 nitrogen and oxygen atoms in total. The zero-order valence-corrected chi connectivity index (χ0v) is 12.8. The van der Waals surface area contributed by atoms with Crippen LogP contribution in [0.25, 0.3) is 10.9 Å². The fourth-order valence-electron chi connectivity index (χ4n) is 2.65. The molecule has 0 aliphatic heterocycles. The molecule has 0 bridgehead atoms. The van der Waals surface area contributed by atoms with E-state index >= 15 is 0 Å². The molecule has 106 valence electrons. The van der Waals surface area contributed by atoms with Crippen molar-refractivity contribution in [1.29, 1.82) is 0 Å². The Morgan fingerprint density at radius 1 is 1.19 bits per heavy atom. The van der Waals surface area contributed by atoms with Crippen LogP contribution >= 0.6 is 11.6 Å². The second-order valence-electron chi connectivity index (χ2n) is 5.31. The van der Waals surface area contributed by atoms with Crippen LogP contribution in [-0.4, -0.2) is 10.4 Å². The predicted molar refractivity (Wildman–Crippen MR) is 87.2 cm³/mol. The van der Waals surface area contributed by atoms with Crippen molar-refractivity contribution in [2.45, 2.75) is 20.4 Å². The third-order valence-electron chi connectivity index (χ3n) is 3.82. The molecule has 0 unspecified atom stereocenters. The van der Waals surface area contributed by atoms with E-state index in [2.05, 4.69) is 23.6 Å². The molecule has 0 fully saturated rings. The largest absolute Gasteiger partial charge is 0.342 e. The number of hydrogen-bond donors (Lipinski definition) is 0. The van der Waals surface area contributed by atoms with Gasteiger partial charge in [-0.15, -0.1) is 0 Å². The van der Waals surface area contributed by atoms with Crippen LogP contribution in [0.5, 0.6) is 0 Å².